The summed E-state index contributed by atoms with van der Waals surface area (Å²) >= 11 is 6.08. The molecular formula is C25H21ClFN3O3. The first-order valence-corrected chi connectivity index (χ1v) is 10.8. The number of halogens is 2. The summed E-state index contributed by atoms with van der Waals surface area (Å²) in [6.45, 7) is 2.57. The van der Waals surface area contributed by atoms with E-state index in [-0.39, 0.29) is 22.7 Å². The van der Waals surface area contributed by atoms with E-state index in [9.17, 15) is 18.8 Å². The first-order valence-electron chi connectivity index (χ1n) is 10.4. The van der Waals surface area contributed by atoms with Crippen molar-refractivity contribution >= 4 is 46.4 Å². The SMILES string of the molecule is Cc1cc(NC(=O)c2ccc(Cl)cc2NC(=O)c2ccc(F)cc2)ccc1N1CCCC1=O. The number of nitrogens with zero attached hydrogens (tertiary/aromatic N) is 1. The molecule has 1 heterocycles. The summed E-state index contributed by atoms with van der Waals surface area (Å²) < 4.78 is 13.1. The van der Waals surface area contributed by atoms with Crippen molar-refractivity contribution in [2.24, 2.45) is 0 Å². The highest BCUT2D eigenvalue weighted by atomic mass is 35.5. The molecule has 3 aromatic rings. The van der Waals surface area contributed by atoms with E-state index in [1.54, 1.807) is 23.1 Å². The van der Waals surface area contributed by atoms with E-state index in [0.29, 0.717) is 23.7 Å². The van der Waals surface area contributed by atoms with E-state index >= 15 is 0 Å². The number of carbonyl (C=O) groups is 3. The van der Waals surface area contributed by atoms with Gasteiger partial charge in [0.2, 0.25) is 5.91 Å². The molecule has 1 aliphatic rings. The van der Waals surface area contributed by atoms with E-state index in [1.807, 2.05) is 13.0 Å². The Morgan fingerprint density at radius 3 is 2.39 bits per heavy atom. The molecule has 0 aromatic heterocycles. The van der Waals surface area contributed by atoms with Gasteiger partial charge in [0.05, 0.1) is 11.3 Å². The number of nitrogens with one attached hydrogen (secondary N) is 2. The lowest BCUT2D eigenvalue weighted by atomic mass is 10.1. The smallest absolute Gasteiger partial charge is 0.257 e. The van der Waals surface area contributed by atoms with Crippen LogP contribution in [0.1, 0.15) is 39.1 Å². The van der Waals surface area contributed by atoms with E-state index in [0.717, 1.165) is 17.7 Å². The van der Waals surface area contributed by atoms with Gasteiger partial charge in [0.15, 0.2) is 0 Å². The number of hydrogen-bond donors (Lipinski definition) is 2. The van der Waals surface area contributed by atoms with Crippen LogP contribution >= 0.6 is 11.6 Å². The van der Waals surface area contributed by atoms with Crippen LogP contribution in [-0.4, -0.2) is 24.3 Å². The van der Waals surface area contributed by atoms with Crippen LogP contribution in [0.4, 0.5) is 21.5 Å². The Hall–Kier alpha value is -3.71. The number of hydrogen-bond acceptors (Lipinski definition) is 3. The van der Waals surface area contributed by atoms with Crippen molar-refractivity contribution in [3.05, 3.63) is 88.2 Å². The van der Waals surface area contributed by atoms with Gasteiger partial charge in [-0.25, -0.2) is 4.39 Å². The topological polar surface area (TPSA) is 78.5 Å². The van der Waals surface area contributed by atoms with Gasteiger partial charge in [0, 0.05) is 34.9 Å². The number of rotatable bonds is 5. The molecular weight excluding hydrogens is 445 g/mol. The van der Waals surface area contributed by atoms with E-state index in [2.05, 4.69) is 10.6 Å². The van der Waals surface area contributed by atoms with Crippen LogP contribution in [0.5, 0.6) is 0 Å². The average Bonchev–Trinajstić information content (AvgIpc) is 3.20. The van der Waals surface area contributed by atoms with Gasteiger partial charge in [-0.3, -0.25) is 14.4 Å². The van der Waals surface area contributed by atoms with Gasteiger partial charge in [0.1, 0.15) is 5.82 Å². The van der Waals surface area contributed by atoms with Crippen molar-refractivity contribution in [3.63, 3.8) is 0 Å². The van der Waals surface area contributed by atoms with Crippen molar-refractivity contribution in [2.45, 2.75) is 19.8 Å². The molecule has 0 aliphatic carbocycles. The van der Waals surface area contributed by atoms with Gasteiger partial charge in [0.25, 0.3) is 11.8 Å². The lowest BCUT2D eigenvalue weighted by molar-refractivity contribution is -0.117. The molecule has 2 N–H and O–H groups in total. The number of carbonyl (C=O) groups excluding carboxylic acids is 3. The van der Waals surface area contributed by atoms with Crippen LogP contribution in [-0.2, 0) is 4.79 Å². The molecule has 4 rings (SSSR count). The minimum Gasteiger partial charge on any atom is -0.322 e. The fourth-order valence-electron chi connectivity index (χ4n) is 3.75. The van der Waals surface area contributed by atoms with Crippen molar-refractivity contribution in [1.29, 1.82) is 0 Å². The zero-order chi connectivity index (χ0) is 23.5. The summed E-state index contributed by atoms with van der Waals surface area (Å²) in [5, 5.41) is 5.83. The Morgan fingerprint density at radius 1 is 0.970 bits per heavy atom. The Bertz CT molecular complexity index is 1240. The first-order chi connectivity index (χ1) is 15.8. The van der Waals surface area contributed by atoms with Gasteiger partial charge < -0.3 is 15.5 Å². The molecule has 3 amide bonds. The van der Waals surface area contributed by atoms with Crippen LogP contribution < -0.4 is 15.5 Å². The molecule has 8 heteroatoms. The zero-order valence-electron chi connectivity index (χ0n) is 17.8. The predicted octanol–water partition coefficient (Wildman–Crippen LogP) is 5.42. The predicted molar refractivity (Wildman–Crippen MR) is 127 cm³/mol. The number of aryl methyl sites for hydroxylation is 1. The largest absolute Gasteiger partial charge is 0.322 e. The number of anilines is 3. The minimum absolute atomic E-state index is 0.0950. The minimum atomic E-state index is -0.498. The highest BCUT2D eigenvalue weighted by molar-refractivity contribution is 6.31. The third-order valence-corrected chi connectivity index (χ3v) is 5.63. The second-order valence-corrected chi connectivity index (χ2v) is 8.19. The summed E-state index contributed by atoms with van der Waals surface area (Å²) in [5.74, 6) is -1.30. The van der Waals surface area contributed by atoms with E-state index in [1.165, 1.54) is 36.4 Å². The quantitative estimate of drug-likeness (QED) is 0.528. The van der Waals surface area contributed by atoms with Gasteiger partial charge in [-0.15, -0.1) is 0 Å². The standard InChI is InChI=1S/C25H21ClFN3O3/c1-15-13-19(9-11-22(15)30-12-2-3-23(30)31)28-25(33)20-10-6-17(26)14-21(20)29-24(32)16-4-7-18(27)8-5-16/h4-11,13-14H,2-3,12H2,1H3,(H,28,33)(H,29,32). The molecule has 1 aliphatic heterocycles. The summed E-state index contributed by atoms with van der Waals surface area (Å²) in [7, 11) is 0. The first kappa shape index (κ1) is 22.5. The molecule has 6 nitrogen and oxygen atoms in total. The Morgan fingerprint density at radius 2 is 1.73 bits per heavy atom. The van der Waals surface area contributed by atoms with Crippen LogP contribution in [0.25, 0.3) is 0 Å². The molecule has 1 fully saturated rings. The van der Waals surface area contributed by atoms with Crippen LogP contribution in [0.15, 0.2) is 60.7 Å². The molecule has 33 heavy (non-hydrogen) atoms. The van der Waals surface area contributed by atoms with Crippen LogP contribution in [0.3, 0.4) is 0 Å². The van der Waals surface area contributed by atoms with Crippen molar-refractivity contribution in [2.75, 3.05) is 22.1 Å². The molecule has 1 saturated heterocycles. The van der Waals surface area contributed by atoms with Gasteiger partial charge in [-0.05, 0) is 79.6 Å². The van der Waals surface area contributed by atoms with Crippen LogP contribution in [0.2, 0.25) is 5.02 Å². The van der Waals surface area contributed by atoms with Crippen molar-refractivity contribution < 1.29 is 18.8 Å². The number of amides is 3. The maximum atomic E-state index is 13.1. The fraction of sp³-hybridized carbons (Fsp3) is 0.160. The molecule has 0 radical (unpaired) electrons. The lowest BCUT2D eigenvalue weighted by Crippen LogP contribution is -2.24. The maximum Gasteiger partial charge on any atom is 0.257 e. The fourth-order valence-corrected chi connectivity index (χ4v) is 3.92. The maximum absolute atomic E-state index is 13.1. The zero-order valence-corrected chi connectivity index (χ0v) is 18.6. The van der Waals surface area contributed by atoms with Crippen molar-refractivity contribution in [1.82, 2.24) is 0 Å². The Kier molecular flexibility index (Phi) is 6.42. The lowest BCUT2D eigenvalue weighted by Gasteiger charge is -2.19. The Balaban J connectivity index is 1.54. The monoisotopic (exact) mass is 465 g/mol. The van der Waals surface area contributed by atoms with Crippen LogP contribution in [0, 0.1) is 12.7 Å². The summed E-state index contributed by atoms with van der Waals surface area (Å²) in [4.78, 5) is 39.3. The second-order valence-electron chi connectivity index (χ2n) is 7.76. The highest BCUT2D eigenvalue weighted by Crippen LogP contribution is 2.28. The molecule has 0 saturated carbocycles. The molecule has 3 aromatic carbocycles. The molecule has 0 atom stereocenters. The second kappa shape index (κ2) is 9.42. The van der Waals surface area contributed by atoms with Gasteiger partial charge in [-0.2, -0.15) is 0 Å². The highest BCUT2D eigenvalue weighted by Gasteiger charge is 2.23. The molecule has 0 spiro atoms. The molecule has 0 unspecified atom stereocenters. The third-order valence-electron chi connectivity index (χ3n) is 5.40. The summed E-state index contributed by atoms with van der Waals surface area (Å²) in [6, 6.07) is 15.0. The molecule has 168 valence electrons. The molecule has 0 bridgehead atoms. The third kappa shape index (κ3) is 5.04. The summed E-state index contributed by atoms with van der Waals surface area (Å²) in [5.41, 5.74) is 2.93. The summed E-state index contributed by atoms with van der Waals surface area (Å²) in [6.07, 6.45) is 1.38. The van der Waals surface area contributed by atoms with Crippen molar-refractivity contribution in [3.8, 4) is 0 Å². The average molecular weight is 466 g/mol. The van der Waals surface area contributed by atoms with E-state index < -0.39 is 17.6 Å². The Labute approximate surface area is 195 Å². The van der Waals surface area contributed by atoms with E-state index in [4.69, 9.17) is 11.6 Å². The normalized spacial score (nSPS) is 13.2. The number of benzene rings is 3. The van der Waals surface area contributed by atoms with Gasteiger partial charge in [-0.1, -0.05) is 11.6 Å². The van der Waals surface area contributed by atoms with Gasteiger partial charge >= 0.3 is 0 Å².